The average Bonchev–Trinajstić information content (AvgIpc) is 2.86. The van der Waals surface area contributed by atoms with Gasteiger partial charge in [-0.15, -0.1) is 10.2 Å². The van der Waals surface area contributed by atoms with Crippen LogP contribution in [0.3, 0.4) is 0 Å². The molecule has 0 aliphatic carbocycles. The summed E-state index contributed by atoms with van der Waals surface area (Å²) in [5.41, 5.74) is 0.962. The second-order valence-electron chi connectivity index (χ2n) is 4.84. The maximum absolute atomic E-state index is 6.02. The highest BCUT2D eigenvalue weighted by Gasteiger charge is 2.08. The van der Waals surface area contributed by atoms with Gasteiger partial charge in [-0.1, -0.05) is 54.5 Å². The summed E-state index contributed by atoms with van der Waals surface area (Å²) < 4.78 is 0. The molecular formula is C14H17Cl2N3S. The molecular weight excluding hydrogens is 313 g/mol. The van der Waals surface area contributed by atoms with Crippen molar-refractivity contribution >= 4 is 34.5 Å². The largest absolute Gasteiger partial charge is 0.315 e. The number of aryl methyl sites for hydroxylation is 1. The normalized spacial score (nSPS) is 11.2. The van der Waals surface area contributed by atoms with Crippen molar-refractivity contribution < 1.29 is 0 Å². The molecule has 0 bridgehead atoms. The zero-order chi connectivity index (χ0) is 14.5. The van der Waals surface area contributed by atoms with E-state index in [-0.39, 0.29) is 0 Å². The zero-order valence-electron chi connectivity index (χ0n) is 11.5. The fraction of sp³-hybridized carbons (Fsp3) is 0.429. The predicted octanol–water partition coefficient (Wildman–Crippen LogP) is 4.44. The van der Waals surface area contributed by atoms with Gasteiger partial charge in [0, 0.05) is 18.0 Å². The Morgan fingerprint density at radius 1 is 1.20 bits per heavy atom. The summed E-state index contributed by atoms with van der Waals surface area (Å²) in [5.74, 6) is 0. The lowest BCUT2D eigenvalue weighted by Gasteiger charge is -2.05. The number of aromatic nitrogens is 2. The van der Waals surface area contributed by atoms with Crippen LogP contribution in [0.4, 0.5) is 0 Å². The van der Waals surface area contributed by atoms with Crippen molar-refractivity contribution in [2.75, 3.05) is 6.54 Å². The van der Waals surface area contributed by atoms with Gasteiger partial charge < -0.3 is 5.32 Å². The first-order valence-corrected chi connectivity index (χ1v) is 8.14. The van der Waals surface area contributed by atoms with Crippen LogP contribution in [0.15, 0.2) is 18.2 Å². The van der Waals surface area contributed by atoms with Crippen molar-refractivity contribution in [3.8, 4) is 10.6 Å². The predicted molar refractivity (Wildman–Crippen MR) is 86.8 cm³/mol. The molecule has 1 aromatic carbocycles. The van der Waals surface area contributed by atoms with Crippen LogP contribution in [0.2, 0.25) is 10.0 Å². The molecule has 1 aromatic heterocycles. The summed E-state index contributed by atoms with van der Waals surface area (Å²) in [4.78, 5) is 0. The maximum Gasteiger partial charge on any atom is 0.147 e. The topological polar surface area (TPSA) is 37.8 Å². The molecule has 1 N–H and O–H groups in total. The van der Waals surface area contributed by atoms with E-state index in [1.54, 1.807) is 17.4 Å². The first-order chi connectivity index (χ1) is 9.56. The van der Waals surface area contributed by atoms with Gasteiger partial charge in [0.2, 0.25) is 0 Å². The molecule has 3 nitrogen and oxygen atoms in total. The van der Waals surface area contributed by atoms with Crippen LogP contribution in [-0.2, 0) is 6.42 Å². The SMILES string of the molecule is CC(C)NCCCc1nnc(-c2ccc(Cl)c(Cl)c2)s1. The molecule has 0 fully saturated rings. The van der Waals surface area contributed by atoms with E-state index in [0.717, 1.165) is 35.0 Å². The van der Waals surface area contributed by atoms with E-state index >= 15 is 0 Å². The van der Waals surface area contributed by atoms with Crippen LogP contribution in [0.25, 0.3) is 10.6 Å². The summed E-state index contributed by atoms with van der Waals surface area (Å²) in [6.07, 6.45) is 2.01. The van der Waals surface area contributed by atoms with E-state index in [1.165, 1.54) is 0 Å². The van der Waals surface area contributed by atoms with E-state index in [0.29, 0.717) is 16.1 Å². The number of hydrogen-bond donors (Lipinski definition) is 1. The molecule has 0 spiro atoms. The quantitative estimate of drug-likeness (QED) is 0.796. The number of benzene rings is 1. The van der Waals surface area contributed by atoms with E-state index in [2.05, 4.69) is 29.4 Å². The van der Waals surface area contributed by atoms with E-state index in [9.17, 15) is 0 Å². The first-order valence-electron chi connectivity index (χ1n) is 6.57. The Morgan fingerprint density at radius 3 is 2.70 bits per heavy atom. The number of nitrogens with one attached hydrogen (secondary N) is 1. The third kappa shape index (κ3) is 4.42. The van der Waals surface area contributed by atoms with Gasteiger partial charge >= 0.3 is 0 Å². The molecule has 0 radical (unpaired) electrons. The Morgan fingerprint density at radius 2 is 2.00 bits per heavy atom. The molecule has 0 amide bonds. The zero-order valence-corrected chi connectivity index (χ0v) is 13.8. The highest BCUT2D eigenvalue weighted by molar-refractivity contribution is 7.14. The van der Waals surface area contributed by atoms with Crippen LogP contribution in [0, 0.1) is 0 Å². The van der Waals surface area contributed by atoms with Gasteiger partial charge in [-0.3, -0.25) is 0 Å². The van der Waals surface area contributed by atoms with Crippen LogP contribution in [0.1, 0.15) is 25.3 Å². The van der Waals surface area contributed by atoms with Gasteiger partial charge in [0.25, 0.3) is 0 Å². The van der Waals surface area contributed by atoms with Crippen molar-refractivity contribution in [2.45, 2.75) is 32.7 Å². The van der Waals surface area contributed by atoms with Gasteiger partial charge in [0.1, 0.15) is 10.0 Å². The van der Waals surface area contributed by atoms with Crippen molar-refractivity contribution in [2.24, 2.45) is 0 Å². The van der Waals surface area contributed by atoms with Crippen molar-refractivity contribution in [3.05, 3.63) is 33.3 Å². The Balaban J connectivity index is 1.96. The monoisotopic (exact) mass is 329 g/mol. The summed E-state index contributed by atoms with van der Waals surface area (Å²) >= 11 is 13.5. The lowest BCUT2D eigenvalue weighted by Crippen LogP contribution is -2.23. The highest BCUT2D eigenvalue weighted by atomic mass is 35.5. The molecule has 20 heavy (non-hydrogen) atoms. The van der Waals surface area contributed by atoms with E-state index in [4.69, 9.17) is 23.2 Å². The summed E-state index contributed by atoms with van der Waals surface area (Å²) in [6.45, 7) is 5.29. The van der Waals surface area contributed by atoms with Crippen LogP contribution in [-0.4, -0.2) is 22.8 Å². The molecule has 0 atom stereocenters. The van der Waals surface area contributed by atoms with Gasteiger partial charge in [-0.2, -0.15) is 0 Å². The van der Waals surface area contributed by atoms with E-state index < -0.39 is 0 Å². The Bertz CT molecular complexity index is 569. The minimum Gasteiger partial charge on any atom is -0.315 e. The molecule has 0 aliphatic heterocycles. The average molecular weight is 330 g/mol. The molecule has 2 rings (SSSR count). The Hall–Kier alpha value is -0.680. The summed E-state index contributed by atoms with van der Waals surface area (Å²) in [6, 6.07) is 6.05. The second kappa shape index (κ2) is 7.36. The number of rotatable bonds is 6. The second-order valence-corrected chi connectivity index (χ2v) is 6.72. The van der Waals surface area contributed by atoms with Crippen LogP contribution in [0.5, 0.6) is 0 Å². The van der Waals surface area contributed by atoms with Crippen LogP contribution < -0.4 is 5.32 Å². The Labute approximate surface area is 133 Å². The molecule has 0 aliphatic rings. The van der Waals surface area contributed by atoms with Crippen LogP contribution >= 0.6 is 34.5 Å². The number of hydrogen-bond acceptors (Lipinski definition) is 4. The van der Waals surface area contributed by atoms with Gasteiger partial charge in [-0.05, 0) is 25.1 Å². The van der Waals surface area contributed by atoms with Crippen molar-refractivity contribution in [3.63, 3.8) is 0 Å². The third-order valence-corrected chi connectivity index (χ3v) is 4.52. The molecule has 6 heteroatoms. The lowest BCUT2D eigenvalue weighted by atomic mass is 10.2. The lowest BCUT2D eigenvalue weighted by molar-refractivity contribution is 0.569. The van der Waals surface area contributed by atoms with Gasteiger partial charge in [0.15, 0.2) is 0 Å². The maximum atomic E-state index is 6.02. The number of halogens is 2. The fourth-order valence-corrected chi connectivity index (χ4v) is 2.91. The first kappa shape index (κ1) is 15.7. The van der Waals surface area contributed by atoms with E-state index in [1.807, 2.05) is 12.1 Å². The molecule has 0 saturated carbocycles. The summed E-state index contributed by atoms with van der Waals surface area (Å²) in [5, 5.41) is 14.9. The van der Waals surface area contributed by atoms with Crippen molar-refractivity contribution in [1.82, 2.24) is 15.5 Å². The van der Waals surface area contributed by atoms with Gasteiger partial charge in [0.05, 0.1) is 10.0 Å². The molecule has 0 unspecified atom stereocenters. The molecule has 0 saturated heterocycles. The minimum absolute atomic E-state index is 0.524. The smallest absolute Gasteiger partial charge is 0.147 e. The fourth-order valence-electron chi connectivity index (χ4n) is 1.73. The Kier molecular flexibility index (Phi) is 5.78. The number of nitrogens with zero attached hydrogens (tertiary/aromatic N) is 2. The molecule has 1 heterocycles. The summed E-state index contributed by atoms with van der Waals surface area (Å²) in [7, 11) is 0. The van der Waals surface area contributed by atoms with Gasteiger partial charge in [-0.25, -0.2) is 0 Å². The minimum atomic E-state index is 0.524. The van der Waals surface area contributed by atoms with Crippen molar-refractivity contribution in [1.29, 1.82) is 0 Å². The standard InChI is InChI=1S/C14H17Cl2N3S/c1-9(2)17-7-3-4-13-18-19-14(20-13)10-5-6-11(15)12(16)8-10/h5-6,8-9,17H,3-4,7H2,1-2H3. The third-order valence-electron chi connectivity index (χ3n) is 2.75. The molecule has 2 aromatic rings. The molecule has 108 valence electrons. The highest BCUT2D eigenvalue weighted by Crippen LogP contribution is 2.30.